The van der Waals surface area contributed by atoms with Gasteiger partial charge in [0.2, 0.25) is 0 Å². The van der Waals surface area contributed by atoms with Crippen molar-refractivity contribution in [1.82, 2.24) is 9.88 Å². The fraction of sp³-hybridized carbons (Fsp3) is 0.276. The molecule has 4 rings (SSSR count). The molecule has 1 heterocycles. The molecular formula is C29H31F3N2O. The number of nitrogens with zero attached hydrogens (tertiary/aromatic N) is 1. The van der Waals surface area contributed by atoms with Gasteiger partial charge in [-0.2, -0.15) is 13.2 Å². The highest BCUT2D eigenvalue weighted by Crippen LogP contribution is 2.29. The number of aromatic nitrogens is 1. The van der Waals surface area contributed by atoms with Crippen molar-refractivity contribution in [3.8, 4) is 0 Å². The minimum Gasteiger partial charge on any atom is -0.348 e. The van der Waals surface area contributed by atoms with Crippen molar-refractivity contribution in [3.05, 3.63) is 107 Å². The summed E-state index contributed by atoms with van der Waals surface area (Å²) >= 11 is 0. The van der Waals surface area contributed by atoms with Crippen molar-refractivity contribution in [1.29, 1.82) is 0 Å². The highest BCUT2D eigenvalue weighted by atomic mass is 19.4. The van der Waals surface area contributed by atoms with Crippen LogP contribution in [0.2, 0.25) is 0 Å². The molecule has 4 aromatic rings. The first kappa shape index (κ1) is 26.1. The van der Waals surface area contributed by atoms with Crippen LogP contribution in [0.3, 0.4) is 0 Å². The van der Waals surface area contributed by atoms with Crippen LogP contribution < -0.4 is 5.32 Å². The Labute approximate surface area is 204 Å². The maximum atomic E-state index is 12.8. The molecule has 0 saturated heterocycles. The Hall–Kier alpha value is -3.54. The van der Waals surface area contributed by atoms with Gasteiger partial charge < -0.3 is 9.88 Å². The normalized spacial score (nSPS) is 11.3. The zero-order chi connectivity index (χ0) is 25.6. The lowest BCUT2D eigenvalue weighted by Crippen LogP contribution is -2.22. The van der Waals surface area contributed by atoms with Crippen LogP contribution in [0.5, 0.6) is 0 Å². The standard InChI is InChI=1S/C27H25F3N2O.C2H6/c1-18(2)21-7-3-19(4-8-21)16-31-26(33)23-9-12-25-22(15-23)13-14-32(25)17-20-5-10-24(11-6-20)27(28,29)30;1-2/h3-15,18H,16-17H2,1-2H3,(H,31,33);1-2H3. The summed E-state index contributed by atoms with van der Waals surface area (Å²) in [7, 11) is 0. The Morgan fingerprint density at radius 1 is 0.886 bits per heavy atom. The number of carbonyl (C=O) groups is 1. The Morgan fingerprint density at radius 2 is 1.51 bits per heavy atom. The minimum absolute atomic E-state index is 0.152. The van der Waals surface area contributed by atoms with E-state index in [-0.39, 0.29) is 5.91 Å². The van der Waals surface area contributed by atoms with Crippen LogP contribution in [0, 0.1) is 0 Å². The molecule has 0 bridgehead atoms. The van der Waals surface area contributed by atoms with Gasteiger partial charge in [0.25, 0.3) is 5.91 Å². The van der Waals surface area contributed by atoms with Gasteiger partial charge in [0.05, 0.1) is 5.56 Å². The first-order chi connectivity index (χ1) is 16.7. The second-order valence-corrected chi connectivity index (χ2v) is 8.49. The van der Waals surface area contributed by atoms with E-state index in [1.807, 2.05) is 54.9 Å². The van der Waals surface area contributed by atoms with Gasteiger partial charge in [0.1, 0.15) is 0 Å². The van der Waals surface area contributed by atoms with Gasteiger partial charge in [-0.05, 0) is 59.0 Å². The molecule has 0 aliphatic heterocycles. The zero-order valence-electron chi connectivity index (χ0n) is 20.5. The predicted molar refractivity (Wildman–Crippen MR) is 136 cm³/mol. The number of carbonyl (C=O) groups excluding carboxylic acids is 1. The number of benzene rings is 3. The van der Waals surface area contributed by atoms with Gasteiger partial charge >= 0.3 is 6.18 Å². The lowest BCUT2D eigenvalue weighted by atomic mass is 10.0. The van der Waals surface area contributed by atoms with E-state index < -0.39 is 11.7 Å². The average molecular weight is 481 g/mol. The number of hydrogen-bond donors (Lipinski definition) is 1. The van der Waals surface area contributed by atoms with E-state index in [9.17, 15) is 18.0 Å². The fourth-order valence-corrected chi connectivity index (χ4v) is 3.78. The van der Waals surface area contributed by atoms with Crippen molar-refractivity contribution in [2.45, 2.75) is 52.9 Å². The summed E-state index contributed by atoms with van der Waals surface area (Å²) in [6.07, 6.45) is -2.46. The summed E-state index contributed by atoms with van der Waals surface area (Å²) in [5, 5.41) is 3.85. The van der Waals surface area contributed by atoms with Gasteiger partial charge in [-0.3, -0.25) is 4.79 Å². The molecule has 6 heteroatoms. The molecule has 0 aliphatic carbocycles. The maximum Gasteiger partial charge on any atom is 0.416 e. The van der Waals surface area contributed by atoms with E-state index in [1.54, 1.807) is 6.07 Å². The van der Waals surface area contributed by atoms with Crippen LogP contribution >= 0.6 is 0 Å². The van der Waals surface area contributed by atoms with Crippen LogP contribution in [0.1, 0.15) is 66.2 Å². The molecule has 0 radical (unpaired) electrons. The summed E-state index contributed by atoms with van der Waals surface area (Å²) in [5.41, 5.74) is 3.89. The zero-order valence-corrected chi connectivity index (χ0v) is 20.5. The Balaban J connectivity index is 0.00000167. The Kier molecular flexibility index (Phi) is 8.39. The monoisotopic (exact) mass is 480 g/mol. The van der Waals surface area contributed by atoms with Crippen LogP contribution in [-0.2, 0) is 19.3 Å². The summed E-state index contributed by atoms with van der Waals surface area (Å²) in [6, 6.07) is 20.8. The molecular weight excluding hydrogens is 449 g/mol. The molecule has 0 saturated carbocycles. The molecule has 1 N–H and O–H groups in total. The van der Waals surface area contributed by atoms with Gasteiger partial charge in [-0.1, -0.05) is 64.1 Å². The van der Waals surface area contributed by atoms with Crippen LogP contribution in [0.4, 0.5) is 13.2 Å². The Bertz CT molecular complexity index is 1250. The number of amides is 1. The second kappa shape index (κ2) is 11.3. The van der Waals surface area contributed by atoms with Crippen LogP contribution in [0.15, 0.2) is 79.0 Å². The molecule has 1 aromatic heterocycles. The number of alkyl halides is 3. The molecule has 3 aromatic carbocycles. The van der Waals surface area contributed by atoms with Crippen LogP contribution in [-0.4, -0.2) is 10.5 Å². The van der Waals surface area contributed by atoms with Gasteiger partial charge in [0.15, 0.2) is 0 Å². The van der Waals surface area contributed by atoms with Crippen LogP contribution in [0.25, 0.3) is 10.9 Å². The average Bonchev–Trinajstić information content (AvgIpc) is 3.25. The number of fused-ring (bicyclic) bond motifs is 1. The fourth-order valence-electron chi connectivity index (χ4n) is 3.78. The summed E-state index contributed by atoms with van der Waals surface area (Å²) in [4.78, 5) is 12.6. The topological polar surface area (TPSA) is 34.0 Å². The third kappa shape index (κ3) is 6.53. The van der Waals surface area contributed by atoms with Gasteiger partial charge in [-0.15, -0.1) is 0 Å². The van der Waals surface area contributed by atoms with Crippen molar-refractivity contribution in [3.63, 3.8) is 0 Å². The molecule has 35 heavy (non-hydrogen) atoms. The van der Waals surface area contributed by atoms with Crippen molar-refractivity contribution < 1.29 is 18.0 Å². The molecule has 0 fully saturated rings. The predicted octanol–water partition coefficient (Wildman–Crippen LogP) is 7.79. The maximum absolute atomic E-state index is 12.8. The molecule has 0 spiro atoms. The van der Waals surface area contributed by atoms with Crippen molar-refractivity contribution >= 4 is 16.8 Å². The summed E-state index contributed by atoms with van der Waals surface area (Å²) in [6.45, 7) is 9.18. The number of hydrogen-bond acceptors (Lipinski definition) is 1. The van der Waals surface area contributed by atoms with E-state index >= 15 is 0 Å². The first-order valence-electron chi connectivity index (χ1n) is 11.8. The van der Waals surface area contributed by atoms with E-state index in [2.05, 4.69) is 31.3 Å². The van der Waals surface area contributed by atoms with Gasteiger partial charge in [-0.25, -0.2) is 0 Å². The summed E-state index contributed by atoms with van der Waals surface area (Å²) in [5.74, 6) is 0.312. The van der Waals surface area contributed by atoms with E-state index in [0.29, 0.717) is 24.6 Å². The largest absolute Gasteiger partial charge is 0.416 e. The van der Waals surface area contributed by atoms with Gasteiger partial charge in [0, 0.05) is 35.8 Å². The van der Waals surface area contributed by atoms with E-state index in [0.717, 1.165) is 34.2 Å². The van der Waals surface area contributed by atoms with E-state index in [1.165, 1.54) is 17.7 Å². The smallest absolute Gasteiger partial charge is 0.348 e. The van der Waals surface area contributed by atoms with Crippen molar-refractivity contribution in [2.75, 3.05) is 0 Å². The molecule has 0 atom stereocenters. The third-order valence-electron chi connectivity index (χ3n) is 5.77. The lowest BCUT2D eigenvalue weighted by Gasteiger charge is -2.10. The Morgan fingerprint density at radius 3 is 2.11 bits per heavy atom. The molecule has 0 unspecified atom stereocenters. The second-order valence-electron chi connectivity index (χ2n) is 8.49. The SMILES string of the molecule is CC.CC(C)c1ccc(CNC(=O)c2ccc3c(ccn3Cc3ccc(C(F)(F)F)cc3)c2)cc1. The molecule has 184 valence electrons. The number of rotatable bonds is 6. The molecule has 3 nitrogen and oxygen atoms in total. The molecule has 1 amide bonds. The van der Waals surface area contributed by atoms with Crippen molar-refractivity contribution in [2.24, 2.45) is 0 Å². The lowest BCUT2D eigenvalue weighted by molar-refractivity contribution is -0.137. The van der Waals surface area contributed by atoms with E-state index in [4.69, 9.17) is 0 Å². The number of halogens is 3. The highest BCUT2D eigenvalue weighted by molar-refractivity contribution is 5.98. The minimum atomic E-state index is -4.34. The number of nitrogens with one attached hydrogen (secondary N) is 1. The molecule has 0 aliphatic rings. The summed E-state index contributed by atoms with van der Waals surface area (Å²) < 4.78 is 40.3. The quantitative estimate of drug-likeness (QED) is 0.300. The third-order valence-corrected chi connectivity index (χ3v) is 5.77. The highest BCUT2D eigenvalue weighted by Gasteiger charge is 2.29. The first-order valence-corrected chi connectivity index (χ1v) is 11.8.